The summed E-state index contributed by atoms with van der Waals surface area (Å²) >= 11 is 0. The van der Waals surface area contributed by atoms with Crippen molar-refractivity contribution in [3.63, 3.8) is 0 Å². The molecule has 0 amide bonds. The maximum atomic E-state index is 12.5. The first-order chi connectivity index (χ1) is 9.99. The Hall–Kier alpha value is -1.31. The van der Waals surface area contributed by atoms with E-state index in [1.165, 1.54) is 12.8 Å². The van der Waals surface area contributed by atoms with E-state index in [-0.39, 0.29) is 18.0 Å². The minimum atomic E-state index is -0.184. The van der Waals surface area contributed by atoms with Crippen molar-refractivity contribution in [1.82, 2.24) is 0 Å². The molecule has 0 aromatic heterocycles. The minimum absolute atomic E-state index is 0.0778. The lowest BCUT2D eigenvalue weighted by atomic mass is 9.75. The molecule has 0 N–H and O–H groups in total. The summed E-state index contributed by atoms with van der Waals surface area (Å²) in [5.41, 5.74) is 1.03. The minimum Gasteiger partial charge on any atom is -0.462 e. The van der Waals surface area contributed by atoms with Gasteiger partial charge < -0.3 is 4.74 Å². The van der Waals surface area contributed by atoms with Crippen molar-refractivity contribution in [1.29, 1.82) is 0 Å². The molecule has 2 rings (SSSR count). The molecule has 21 heavy (non-hydrogen) atoms. The van der Waals surface area contributed by atoms with Gasteiger partial charge in [0.15, 0.2) is 0 Å². The van der Waals surface area contributed by atoms with Gasteiger partial charge in [0.1, 0.15) is 6.10 Å². The van der Waals surface area contributed by atoms with Crippen molar-refractivity contribution in [2.24, 2.45) is 17.8 Å². The van der Waals surface area contributed by atoms with Crippen LogP contribution in [0, 0.1) is 17.8 Å². The van der Waals surface area contributed by atoms with Crippen LogP contribution in [0.4, 0.5) is 0 Å². The Morgan fingerprint density at radius 3 is 2.43 bits per heavy atom. The molecule has 4 atom stereocenters. The molecule has 2 nitrogen and oxygen atoms in total. The van der Waals surface area contributed by atoms with Gasteiger partial charge in [-0.25, -0.2) is 0 Å². The van der Waals surface area contributed by atoms with E-state index in [0.717, 1.165) is 12.0 Å². The summed E-state index contributed by atoms with van der Waals surface area (Å²) in [4.78, 5) is 12.5. The second-order valence-corrected chi connectivity index (χ2v) is 6.93. The summed E-state index contributed by atoms with van der Waals surface area (Å²) in [6.45, 7) is 8.68. The van der Waals surface area contributed by atoms with E-state index in [1.54, 1.807) is 0 Å². The average Bonchev–Trinajstić information content (AvgIpc) is 2.47. The van der Waals surface area contributed by atoms with Crippen LogP contribution in [-0.4, -0.2) is 12.1 Å². The fraction of sp³-hybridized carbons (Fsp3) is 0.632. The largest absolute Gasteiger partial charge is 0.462 e. The van der Waals surface area contributed by atoms with Crippen LogP contribution in [0.3, 0.4) is 0 Å². The Labute approximate surface area is 128 Å². The van der Waals surface area contributed by atoms with E-state index < -0.39 is 0 Å². The van der Waals surface area contributed by atoms with Gasteiger partial charge in [0, 0.05) is 0 Å². The molecule has 116 valence electrons. The van der Waals surface area contributed by atoms with Crippen molar-refractivity contribution in [3.8, 4) is 0 Å². The number of carbonyl (C=O) groups is 1. The number of carbonyl (C=O) groups excluding carboxylic acids is 1. The van der Waals surface area contributed by atoms with E-state index in [2.05, 4.69) is 20.8 Å². The lowest BCUT2D eigenvalue weighted by molar-refractivity contribution is -0.157. The number of rotatable bonds is 4. The average molecular weight is 288 g/mol. The topological polar surface area (TPSA) is 26.3 Å². The third-order valence-corrected chi connectivity index (χ3v) is 4.88. The van der Waals surface area contributed by atoms with Crippen molar-refractivity contribution in [2.75, 3.05) is 0 Å². The number of esters is 1. The highest BCUT2D eigenvalue weighted by molar-refractivity contribution is 5.77. The first kappa shape index (κ1) is 16.1. The molecule has 0 unspecified atom stereocenters. The quantitative estimate of drug-likeness (QED) is 0.744. The smallest absolute Gasteiger partial charge is 0.313 e. The fourth-order valence-electron chi connectivity index (χ4n) is 3.38. The molecule has 0 spiro atoms. The lowest BCUT2D eigenvalue weighted by Gasteiger charge is -2.37. The number of hydrogen-bond donors (Lipinski definition) is 0. The normalized spacial score (nSPS) is 27.4. The molecule has 1 saturated carbocycles. The Morgan fingerprint density at radius 2 is 1.81 bits per heavy atom. The molecular weight excluding hydrogens is 260 g/mol. The second kappa shape index (κ2) is 7.11. The van der Waals surface area contributed by atoms with Gasteiger partial charge in [0.2, 0.25) is 0 Å². The van der Waals surface area contributed by atoms with Crippen LogP contribution < -0.4 is 0 Å². The summed E-state index contributed by atoms with van der Waals surface area (Å²) in [7, 11) is 0. The van der Waals surface area contributed by atoms with Crippen LogP contribution >= 0.6 is 0 Å². The van der Waals surface area contributed by atoms with Gasteiger partial charge in [-0.3, -0.25) is 4.79 Å². The summed E-state index contributed by atoms with van der Waals surface area (Å²) in [5, 5.41) is 0. The molecule has 0 aliphatic heterocycles. The van der Waals surface area contributed by atoms with Crippen LogP contribution in [-0.2, 0) is 9.53 Å². The van der Waals surface area contributed by atoms with E-state index in [0.29, 0.717) is 17.8 Å². The van der Waals surface area contributed by atoms with Crippen molar-refractivity contribution >= 4 is 5.97 Å². The van der Waals surface area contributed by atoms with Gasteiger partial charge in [0.05, 0.1) is 5.92 Å². The van der Waals surface area contributed by atoms with E-state index in [1.807, 2.05) is 37.3 Å². The van der Waals surface area contributed by atoms with E-state index in [9.17, 15) is 4.79 Å². The highest BCUT2D eigenvalue weighted by Gasteiger charge is 2.34. The van der Waals surface area contributed by atoms with Gasteiger partial charge in [-0.15, -0.1) is 0 Å². The Balaban J connectivity index is 2.02. The highest BCUT2D eigenvalue weighted by atomic mass is 16.5. The maximum absolute atomic E-state index is 12.5. The number of hydrogen-bond acceptors (Lipinski definition) is 2. The van der Waals surface area contributed by atoms with Gasteiger partial charge in [0.25, 0.3) is 0 Å². The molecular formula is C19H28O2. The lowest BCUT2D eigenvalue weighted by Crippen LogP contribution is -2.36. The van der Waals surface area contributed by atoms with Crippen molar-refractivity contribution in [2.45, 2.75) is 59.0 Å². The second-order valence-electron chi connectivity index (χ2n) is 6.93. The summed E-state index contributed by atoms with van der Waals surface area (Å²) < 4.78 is 5.91. The molecule has 0 saturated heterocycles. The van der Waals surface area contributed by atoms with Gasteiger partial charge in [-0.05, 0) is 43.1 Å². The number of ether oxygens (including phenoxy) is 1. The Bertz CT molecular complexity index is 452. The zero-order chi connectivity index (χ0) is 15.4. The summed E-state index contributed by atoms with van der Waals surface area (Å²) in [5.74, 6) is 1.47. The zero-order valence-corrected chi connectivity index (χ0v) is 13.7. The zero-order valence-electron chi connectivity index (χ0n) is 13.7. The predicted octanol–water partition coefficient (Wildman–Crippen LogP) is 4.79. The SMILES string of the molecule is CC(C)[C@@H]1CC[C@@H](C)C[C@H]1OC(=O)[C@H](C)c1ccccc1. The van der Waals surface area contributed by atoms with Crippen LogP contribution in [0.1, 0.15) is 58.4 Å². The first-order valence-corrected chi connectivity index (χ1v) is 8.24. The van der Waals surface area contributed by atoms with Crippen LogP contribution in [0.2, 0.25) is 0 Å². The Kier molecular flexibility index (Phi) is 5.44. The van der Waals surface area contributed by atoms with E-state index in [4.69, 9.17) is 4.74 Å². The predicted molar refractivity (Wildman–Crippen MR) is 86.1 cm³/mol. The number of benzene rings is 1. The van der Waals surface area contributed by atoms with Crippen molar-refractivity contribution < 1.29 is 9.53 Å². The van der Waals surface area contributed by atoms with E-state index >= 15 is 0 Å². The van der Waals surface area contributed by atoms with Crippen LogP contribution in [0.5, 0.6) is 0 Å². The standard InChI is InChI=1S/C19H28O2/c1-13(2)17-11-10-14(3)12-18(17)21-19(20)15(4)16-8-6-5-7-9-16/h5-9,13-15,17-18H,10-12H2,1-4H3/t14-,15-,17+,18-/m1/s1. The maximum Gasteiger partial charge on any atom is 0.313 e. The molecule has 0 radical (unpaired) electrons. The molecule has 1 fully saturated rings. The van der Waals surface area contributed by atoms with Crippen molar-refractivity contribution in [3.05, 3.63) is 35.9 Å². The molecule has 1 aromatic carbocycles. The molecule has 0 bridgehead atoms. The van der Waals surface area contributed by atoms with Crippen LogP contribution in [0.15, 0.2) is 30.3 Å². The van der Waals surface area contributed by atoms with Gasteiger partial charge >= 0.3 is 5.97 Å². The Morgan fingerprint density at radius 1 is 1.14 bits per heavy atom. The molecule has 0 heterocycles. The monoisotopic (exact) mass is 288 g/mol. The summed E-state index contributed by atoms with van der Waals surface area (Å²) in [6.07, 6.45) is 3.53. The molecule has 2 heteroatoms. The van der Waals surface area contributed by atoms with Gasteiger partial charge in [-0.1, -0.05) is 57.5 Å². The van der Waals surface area contributed by atoms with Crippen LogP contribution in [0.25, 0.3) is 0 Å². The van der Waals surface area contributed by atoms with Gasteiger partial charge in [-0.2, -0.15) is 0 Å². The highest BCUT2D eigenvalue weighted by Crippen LogP contribution is 2.36. The molecule has 1 aliphatic rings. The molecule has 1 aliphatic carbocycles. The third-order valence-electron chi connectivity index (χ3n) is 4.88. The third kappa shape index (κ3) is 4.09. The fourth-order valence-corrected chi connectivity index (χ4v) is 3.38. The molecule has 1 aromatic rings. The summed E-state index contributed by atoms with van der Waals surface area (Å²) in [6, 6.07) is 9.90. The first-order valence-electron chi connectivity index (χ1n) is 8.24.